The molecular weight excluding hydrogens is 350 g/mol. The monoisotopic (exact) mass is 365 g/mol. The van der Waals surface area contributed by atoms with Crippen molar-refractivity contribution in [2.45, 2.75) is 0 Å². The van der Waals surface area contributed by atoms with E-state index in [9.17, 15) is 14.9 Å². The summed E-state index contributed by atoms with van der Waals surface area (Å²) in [5.74, 6) is -0.198. The lowest BCUT2D eigenvalue weighted by Crippen LogP contribution is -2.29. The van der Waals surface area contributed by atoms with Gasteiger partial charge in [-0.1, -0.05) is 36.4 Å². The van der Waals surface area contributed by atoms with E-state index in [0.717, 1.165) is 5.69 Å². The molecule has 2 aromatic rings. The highest BCUT2D eigenvalue weighted by molar-refractivity contribution is 8.18. The lowest BCUT2D eigenvalue weighted by molar-refractivity contribution is -0.384. The molecular formula is C19H15N3O3S. The van der Waals surface area contributed by atoms with Crippen LogP contribution in [0.15, 0.2) is 77.1 Å². The summed E-state index contributed by atoms with van der Waals surface area (Å²) in [7, 11) is 0. The maximum absolute atomic E-state index is 12.7. The van der Waals surface area contributed by atoms with Crippen molar-refractivity contribution in [1.29, 1.82) is 0 Å². The molecule has 26 heavy (non-hydrogen) atoms. The highest BCUT2D eigenvalue weighted by Gasteiger charge is 2.32. The van der Waals surface area contributed by atoms with Crippen LogP contribution < -0.4 is 0 Å². The Morgan fingerprint density at radius 3 is 2.65 bits per heavy atom. The summed E-state index contributed by atoms with van der Waals surface area (Å²) >= 11 is 1.24. The van der Waals surface area contributed by atoms with Gasteiger partial charge in [0.15, 0.2) is 5.17 Å². The zero-order chi connectivity index (χ0) is 18.5. The molecule has 3 rings (SSSR count). The van der Waals surface area contributed by atoms with Crippen LogP contribution in [0.3, 0.4) is 0 Å². The molecule has 0 bridgehead atoms. The maximum Gasteiger partial charge on any atom is 0.270 e. The van der Waals surface area contributed by atoms with Gasteiger partial charge in [-0.25, -0.2) is 4.99 Å². The van der Waals surface area contributed by atoms with Crippen LogP contribution in [0, 0.1) is 10.1 Å². The average Bonchev–Trinajstić information content (AvgIpc) is 2.92. The number of carbonyl (C=O) groups excluding carboxylic acids is 1. The van der Waals surface area contributed by atoms with Crippen molar-refractivity contribution in [1.82, 2.24) is 4.90 Å². The number of amides is 1. The van der Waals surface area contributed by atoms with Crippen molar-refractivity contribution in [3.63, 3.8) is 0 Å². The average molecular weight is 365 g/mol. The van der Waals surface area contributed by atoms with Crippen LogP contribution in [-0.4, -0.2) is 27.4 Å². The first-order valence-electron chi connectivity index (χ1n) is 7.79. The van der Waals surface area contributed by atoms with Gasteiger partial charge in [0.25, 0.3) is 11.6 Å². The lowest BCUT2D eigenvalue weighted by Gasteiger charge is -2.12. The molecule has 0 atom stereocenters. The topological polar surface area (TPSA) is 75.8 Å². The van der Waals surface area contributed by atoms with Crippen molar-refractivity contribution >= 4 is 40.3 Å². The fraction of sp³-hybridized carbons (Fsp3) is 0.0526. The Morgan fingerprint density at radius 2 is 1.96 bits per heavy atom. The minimum Gasteiger partial charge on any atom is -0.283 e. The molecule has 0 unspecified atom stereocenters. The largest absolute Gasteiger partial charge is 0.283 e. The second-order valence-electron chi connectivity index (χ2n) is 5.40. The van der Waals surface area contributed by atoms with E-state index in [1.54, 1.807) is 24.3 Å². The molecule has 1 amide bonds. The highest BCUT2D eigenvalue weighted by Crippen LogP contribution is 2.34. The number of nitro groups is 1. The van der Waals surface area contributed by atoms with Gasteiger partial charge in [-0.05, 0) is 35.5 Å². The Kier molecular flexibility index (Phi) is 5.28. The first kappa shape index (κ1) is 17.6. The van der Waals surface area contributed by atoms with Crippen molar-refractivity contribution < 1.29 is 9.72 Å². The summed E-state index contributed by atoms with van der Waals surface area (Å²) in [6, 6.07) is 15.5. The summed E-state index contributed by atoms with van der Waals surface area (Å²) in [6.07, 6.45) is 3.28. The molecule has 130 valence electrons. The van der Waals surface area contributed by atoms with Crippen LogP contribution in [0.1, 0.15) is 5.56 Å². The SMILES string of the molecule is C=CCN1C(=O)/C(=C\c2cccc([N+](=O)[O-])c2)SC1=Nc1ccccc1. The van der Waals surface area contributed by atoms with Gasteiger partial charge < -0.3 is 0 Å². The van der Waals surface area contributed by atoms with E-state index in [1.807, 2.05) is 30.3 Å². The third-order valence-corrected chi connectivity index (χ3v) is 4.57. The minimum atomic E-state index is -0.460. The summed E-state index contributed by atoms with van der Waals surface area (Å²) < 4.78 is 0. The Balaban J connectivity index is 1.95. The first-order chi connectivity index (χ1) is 12.6. The van der Waals surface area contributed by atoms with Gasteiger partial charge in [-0.2, -0.15) is 0 Å². The molecule has 0 aromatic heterocycles. The number of para-hydroxylation sites is 1. The van der Waals surface area contributed by atoms with E-state index < -0.39 is 4.92 Å². The Bertz CT molecular complexity index is 923. The third-order valence-electron chi connectivity index (χ3n) is 3.56. The van der Waals surface area contributed by atoms with E-state index >= 15 is 0 Å². The molecule has 7 heteroatoms. The molecule has 6 nitrogen and oxygen atoms in total. The number of thioether (sulfide) groups is 1. The predicted molar refractivity (Wildman–Crippen MR) is 104 cm³/mol. The number of rotatable bonds is 5. The minimum absolute atomic E-state index is 0.0177. The number of carbonyl (C=O) groups is 1. The number of non-ortho nitro benzene ring substituents is 1. The van der Waals surface area contributed by atoms with Crippen molar-refractivity contribution in [3.8, 4) is 0 Å². The number of hydrogen-bond acceptors (Lipinski definition) is 5. The van der Waals surface area contributed by atoms with E-state index in [2.05, 4.69) is 11.6 Å². The van der Waals surface area contributed by atoms with Crippen LogP contribution in [0.5, 0.6) is 0 Å². The lowest BCUT2D eigenvalue weighted by atomic mass is 10.2. The molecule has 0 saturated carbocycles. The van der Waals surface area contributed by atoms with E-state index in [-0.39, 0.29) is 11.6 Å². The molecule has 1 saturated heterocycles. The number of nitrogens with zero attached hydrogens (tertiary/aromatic N) is 3. The fourth-order valence-electron chi connectivity index (χ4n) is 2.37. The van der Waals surface area contributed by atoms with Crippen LogP contribution >= 0.6 is 11.8 Å². The molecule has 1 fully saturated rings. The van der Waals surface area contributed by atoms with Gasteiger partial charge in [0.2, 0.25) is 0 Å². The van der Waals surface area contributed by atoms with Crippen LogP contribution in [0.4, 0.5) is 11.4 Å². The van der Waals surface area contributed by atoms with E-state index in [1.165, 1.54) is 28.8 Å². The molecule has 0 spiro atoms. The molecule has 1 heterocycles. The van der Waals surface area contributed by atoms with Crippen LogP contribution in [0.2, 0.25) is 0 Å². The van der Waals surface area contributed by atoms with Gasteiger partial charge in [-0.3, -0.25) is 19.8 Å². The second-order valence-corrected chi connectivity index (χ2v) is 6.41. The molecule has 0 N–H and O–H groups in total. The zero-order valence-corrected chi connectivity index (χ0v) is 14.6. The summed E-state index contributed by atoms with van der Waals surface area (Å²) in [6.45, 7) is 4.02. The second kappa shape index (κ2) is 7.79. The molecule has 0 radical (unpaired) electrons. The quantitative estimate of drug-likeness (QED) is 0.341. The van der Waals surface area contributed by atoms with Gasteiger partial charge in [0.05, 0.1) is 15.5 Å². The van der Waals surface area contributed by atoms with Crippen LogP contribution in [0.25, 0.3) is 6.08 Å². The van der Waals surface area contributed by atoms with Gasteiger partial charge in [-0.15, -0.1) is 6.58 Å². The maximum atomic E-state index is 12.7. The zero-order valence-electron chi connectivity index (χ0n) is 13.7. The number of benzene rings is 2. The third kappa shape index (κ3) is 3.89. The van der Waals surface area contributed by atoms with Gasteiger partial charge in [0.1, 0.15) is 0 Å². The predicted octanol–water partition coefficient (Wildman–Crippen LogP) is 4.38. The van der Waals surface area contributed by atoms with Crippen molar-refractivity contribution in [2.75, 3.05) is 6.54 Å². The first-order valence-corrected chi connectivity index (χ1v) is 8.60. The standard InChI is InChI=1S/C19H15N3O3S/c1-2-11-21-18(23)17(13-14-7-6-10-16(12-14)22(24)25)26-19(21)20-15-8-4-3-5-9-15/h2-10,12-13H,1,11H2/b17-13+,20-19?. The van der Waals surface area contributed by atoms with Gasteiger partial charge in [0, 0.05) is 18.7 Å². The normalized spacial score (nSPS) is 17.1. The molecule has 1 aliphatic rings. The molecule has 0 aliphatic carbocycles. The Hall–Kier alpha value is -3.19. The summed E-state index contributed by atoms with van der Waals surface area (Å²) in [4.78, 5) is 29.7. The number of hydrogen-bond donors (Lipinski definition) is 0. The molecule has 2 aromatic carbocycles. The van der Waals surface area contributed by atoms with E-state index in [4.69, 9.17) is 0 Å². The number of amidine groups is 1. The fourth-order valence-corrected chi connectivity index (χ4v) is 3.38. The van der Waals surface area contributed by atoms with Crippen LogP contribution in [-0.2, 0) is 4.79 Å². The Labute approximate surface area is 154 Å². The van der Waals surface area contributed by atoms with Crippen molar-refractivity contribution in [3.05, 3.63) is 87.8 Å². The van der Waals surface area contributed by atoms with Crippen molar-refractivity contribution in [2.24, 2.45) is 4.99 Å². The number of aliphatic imine (C=N–C) groups is 1. The highest BCUT2D eigenvalue weighted by atomic mass is 32.2. The summed E-state index contributed by atoms with van der Waals surface area (Å²) in [5.41, 5.74) is 1.32. The summed E-state index contributed by atoms with van der Waals surface area (Å²) in [5, 5.41) is 11.5. The van der Waals surface area contributed by atoms with Gasteiger partial charge >= 0.3 is 0 Å². The Morgan fingerprint density at radius 1 is 1.19 bits per heavy atom. The van der Waals surface area contributed by atoms with E-state index in [0.29, 0.717) is 22.2 Å². The number of nitro benzene ring substituents is 1. The smallest absolute Gasteiger partial charge is 0.270 e. The molecule has 1 aliphatic heterocycles.